The van der Waals surface area contributed by atoms with E-state index in [9.17, 15) is 58.5 Å². The molecule has 464 valence electrons. The minimum Gasteiger partial charge on any atom is -0.481 e. The quantitative estimate of drug-likeness (QED) is 0.0331. The molecule has 0 aromatic carbocycles. The van der Waals surface area contributed by atoms with Crippen molar-refractivity contribution in [3.8, 4) is 0 Å². The van der Waals surface area contributed by atoms with Gasteiger partial charge < -0.3 is 78.4 Å². The lowest BCUT2D eigenvalue weighted by Gasteiger charge is -2.43. The third-order valence-electron chi connectivity index (χ3n) is 15.2. The molecule has 5 heterocycles. The number of nitrogens with one attached hydrogen (secondary N) is 1. The first-order chi connectivity index (χ1) is 39.0. The Labute approximate surface area is 475 Å². The number of ether oxygens (including phenoxy) is 10. The normalized spacial score (nSPS) is 29.8. The first kappa shape index (κ1) is 67.4. The van der Waals surface area contributed by atoms with E-state index in [1.807, 2.05) is 0 Å². The molecule has 1 aromatic heterocycles. The zero-order valence-electron chi connectivity index (χ0n) is 47.9. The Morgan fingerprint density at radius 3 is 2.04 bits per heavy atom. The highest BCUT2D eigenvalue weighted by Crippen LogP contribution is 2.37. The van der Waals surface area contributed by atoms with Gasteiger partial charge in [-0.3, -0.25) is 48.0 Å². The van der Waals surface area contributed by atoms with Crippen LogP contribution < -0.4 is 17.0 Å². The number of carbonyl (C=O) groups is 7. The van der Waals surface area contributed by atoms with Gasteiger partial charge >= 0.3 is 41.5 Å². The van der Waals surface area contributed by atoms with Crippen molar-refractivity contribution in [2.24, 2.45) is 11.7 Å². The highest BCUT2D eigenvalue weighted by molar-refractivity contribution is 5.89. The number of carboxylic acid groups (broad SMARTS) is 2. The lowest BCUT2D eigenvalue weighted by Crippen LogP contribution is -2.60. The van der Waals surface area contributed by atoms with E-state index >= 15 is 0 Å². The lowest BCUT2D eigenvalue weighted by atomic mass is 9.98. The summed E-state index contributed by atoms with van der Waals surface area (Å²) in [6.45, 7) is 4.84. The second kappa shape index (κ2) is 32.6. The molecule has 4 aliphatic heterocycles. The molecule has 82 heavy (non-hydrogen) atoms. The summed E-state index contributed by atoms with van der Waals surface area (Å²) in [6, 6.07) is -2.19. The molecule has 0 saturated carbocycles. The molecule has 5 rings (SSSR count). The number of hydrogen-bond donors (Lipinski definition) is 6. The fraction of sp³-hybridized carbons (Fsp3) is 0.796. The molecule has 0 radical (unpaired) electrons. The number of unbranched alkanes of at least 4 members (excludes halogenated alkanes) is 8. The largest absolute Gasteiger partial charge is 0.481 e. The number of hydrogen-bond acceptors (Lipinski definition) is 23. The number of aromatic amines is 1. The van der Waals surface area contributed by atoms with Gasteiger partial charge in [-0.05, 0) is 32.7 Å². The van der Waals surface area contributed by atoms with E-state index in [0.29, 0.717) is 6.42 Å². The SMILES string of the molecule is CCCCCCCCCCCC(CC(=O)O[C@H]1CN(C)[C@@H](C(O[C@H]2C[C@H](O)[C@@H](CN)O2)[C@H]2O[C@@H](n3ccc(=O)[nH]c3=O)C[C@@H]2O)C(=O)N(C)[C@@H]1C(=O)O)OC(=O)CC(C)CC(=O)O[C@H]1O[C@H](C)[C@@H](OC)[C@H](OC(=O)CCC(=O)O)[C@H]1OC. The number of nitrogens with two attached hydrogens (primary N) is 1. The monoisotopic (exact) mass is 1170 g/mol. The van der Waals surface area contributed by atoms with Crippen LogP contribution in [0.1, 0.15) is 136 Å². The Kier molecular flexibility index (Phi) is 26.8. The number of nitrogens with zero attached hydrogens (tertiary/aromatic N) is 3. The van der Waals surface area contributed by atoms with E-state index in [1.54, 1.807) is 13.8 Å². The summed E-state index contributed by atoms with van der Waals surface area (Å²) < 4.78 is 59.4. The molecule has 17 atom stereocenters. The lowest BCUT2D eigenvalue weighted by molar-refractivity contribution is -0.295. The van der Waals surface area contributed by atoms with Crippen LogP contribution in [0.4, 0.5) is 0 Å². The molecule has 1 aromatic rings. The Bertz CT molecular complexity index is 2390. The van der Waals surface area contributed by atoms with Crippen molar-refractivity contribution in [1.82, 2.24) is 19.4 Å². The van der Waals surface area contributed by atoms with E-state index in [0.717, 1.165) is 66.9 Å². The summed E-state index contributed by atoms with van der Waals surface area (Å²) >= 11 is 0. The minimum absolute atomic E-state index is 0.0902. The number of amides is 1. The Morgan fingerprint density at radius 1 is 0.780 bits per heavy atom. The third kappa shape index (κ3) is 19.0. The maximum atomic E-state index is 14.7. The second-order valence-electron chi connectivity index (χ2n) is 21.7. The zero-order valence-corrected chi connectivity index (χ0v) is 47.9. The van der Waals surface area contributed by atoms with Crippen molar-refractivity contribution in [3.63, 3.8) is 0 Å². The van der Waals surface area contributed by atoms with Crippen LogP contribution in [0.5, 0.6) is 0 Å². The van der Waals surface area contributed by atoms with Crippen LogP contribution in [-0.2, 0) is 80.9 Å². The average molecular weight is 1170 g/mol. The molecular formula is C54H85N5O23. The molecule has 3 unspecified atom stereocenters. The molecule has 28 heteroatoms. The molecule has 1 amide bonds. The number of carbonyl (C=O) groups excluding carboxylic acids is 5. The number of esters is 4. The minimum atomic E-state index is -1.79. The molecular weight excluding hydrogens is 1090 g/mol. The van der Waals surface area contributed by atoms with Gasteiger partial charge in [0, 0.05) is 72.3 Å². The van der Waals surface area contributed by atoms with E-state index < -0.39 is 183 Å². The van der Waals surface area contributed by atoms with Crippen LogP contribution in [0, 0.1) is 5.92 Å². The van der Waals surface area contributed by atoms with Gasteiger partial charge in [0.05, 0.1) is 43.7 Å². The van der Waals surface area contributed by atoms with E-state index in [1.165, 1.54) is 39.4 Å². The number of aliphatic hydroxyl groups excluding tert-OH is 2. The van der Waals surface area contributed by atoms with Crippen molar-refractivity contribution in [1.29, 1.82) is 0 Å². The van der Waals surface area contributed by atoms with Crippen LogP contribution in [0.3, 0.4) is 0 Å². The van der Waals surface area contributed by atoms with Gasteiger partial charge in [-0.2, -0.15) is 0 Å². The van der Waals surface area contributed by atoms with Gasteiger partial charge in [-0.25, -0.2) is 9.59 Å². The van der Waals surface area contributed by atoms with Crippen LogP contribution in [0.15, 0.2) is 21.9 Å². The van der Waals surface area contributed by atoms with Gasteiger partial charge in [-0.15, -0.1) is 0 Å². The highest BCUT2D eigenvalue weighted by Gasteiger charge is 2.54. The van der Waals surface area contributed by atoms with Crippen molar-refractivity contribution < 1.29 is 101 Å². The Balaban J connectivity index is 1.29. The van der Waals surface area contributed by atoms with Crippen molar-refractivity contribution in [2.45, 2.75) is 228 Å². The second-order valence-corrected chi connectivity index (χ2v) is 21.7. The van der Waals surface area contributed by atoms with Crippen molar-refractivity contribution in [2.75, 3.05) is 41.4 Å². The number of aliphatic hydroxyl groups is 2. The van der Waals surface area contributed by atoms with Crippen LogP contribution in [0.25, 0.3) is 0 Å². The Hall–Kier alpha value is -5.43. The topological polar surface area (TPSA) is 380 Å². The molecule has 7 N–H and O–H groups in total. The van der Waals surface area contributed by atoms with E-state index in [4.69, 9.17) is 58.2 Å². The molecule has 0 bridgehead atoms. The number of likely N-dealkylation sites (N-methyl/N-ethyl adjacent to an activating group) is 2. The Morgan fingerprint density at radius 2 is 1.43 bits per heavy atom. The molecule has 28 nitrogen and oxygen atoms in total. The smallest absolute Gasteiger partial charge is 0.330 e. The first-order valence-corrected chi connectivity index (χ1v) is 28.2. The molecule has 0 aliphatic carbocycles. The number of H-pyrrole nitrogens is 1. The fourth-order valence-corrected chi connectivity index (χ4v) is 10.9. The molecule has 4 saturated heterocycles. The van der Waals surface area contributed by atoms with Crippen molar-refractivity contribution >= 4 is 41.7 Å². The zero-order chi connectivity index (χ0) is 60.4. The summed E-state index contributed by atoms with van der Waals surface area (Å²) in [5.41, 5.74) is 4.29. The number of carboxylic acids is 2. The first-order valence-electron chi connectivity index (χ1n) is 28.2. The molecule has 0 spiro atoms. The maximum Gasteiger partial charge on any atom is 0.330 e. The highest BCUT2D eigenvalue weighted by atomic mass is 16.7. The number of aliphatic carboxylic acids is 2. The van der Waals surface area contributed by atoms with Gasteiger partial charge in [0.1, 0.15) is 42.8 Å². The molecule has 4 fully saturated rings. The number of methoxy groups -OCH3 is 2. The van der Waals surface area contributed by atoms with Gasteiger partial charge in [0.2, 0.25) is 12.2 Å². The average Bonchev–Trinajstić information content (AvgIpc) is 3.12. The van der Waals surface area contributed by atoms with Gasteiger partial charge in [0.25, 0.3) is 5.56 Å². The van der Waals surface area contributed by atoms with Gasteiger partial charge in [0.15, 0.2) is 24.5 Å². The summed E-state index contributed by atoms with van der Waals surface area (Å²) in [5.74, 6) is -7.66. The maximum absolute atomic E-state index is 14.7. The predicted octanol–water partition coefficient (Wildman–Crippen LogP) is 0.876. The van der Waals surface area contributed by atoms with Crippen LogP contribution >= 0.6 is 0 Å². The summed E-state index contributed by atoms with van der Waals surface area (Å²) in [7, 11) is 5.26. The summed E-state index contributed by atoms with van der Waals surface area (Å²) in [4.78, 5) is 122. The number of aromatic nitrogens is 2. The standard InChI is InChI=1S/C54H85N5O23/c1-8-9-10-11-12-13-14-15-16-17-31(76-40(66)22-29(2)23-41(67)81-53-50(74-7)49(46(73-6)30(3)75-53)80-39(65)19-18-38(63)64)24-42(68)77-35-28-57(4)45(51(69)58(5)44(35)52(70)71)48(82-43-26-32(60)34(27-55)78-43)47-33(61)25-37(79-47)59-21-20-36(62)56-54(59)72/h20-21,29-35,37,43-50,53,60-61H,8-19,22-28,55H2,1-7H3,(H,63,64)(H,70,71)(H,56,62,72)/t29?,30-,31?,32+,33+,34-,35+,37-,43+,44+,45+,46-,47+,48?,49+,50-,53-/m1/s1. The van der Waals surface area contributed by atoms with Crippen molar-refractivity contribution in [3.05, 3.63) is 33.1 Å². The van der Waals surface area contributed by atoms with Crippen LogP contribution in [-0.4, -0.2) is 215 Å². The summed E-state index contributed by atoms with van der Waals surface area (Å²) in [6.07, 6.45) is -8.87. The molecule has 4 aliphatic rings. The van der Waals surface area contributed by atoms with E-state index in [2.05, 4.69) is 11.9 Å². The third-order valence-corrected chi connectivity index (χ3v) is 15.2. The van der Waals surface area contributed by atoms with E-state index in [-0.39, 0.29) is 38.6 Å². The summed E-state index contributed by atoms with van der Waals surface area (Å²) in [5, 5.41) is 41.9. The fourth-order valence-electron chi connectivity index (χ4n) is 10.9. The number of rotatable bonds is 32. The van der Waals surface area contributed by atoms with Crippen LogP contribution in [0.2, 0.25) is 0 Å². The van der Waals surface area contributed by atoms with Gasteiger partial charge in [-0.1, -0.05) is 65.2 Å². The predicted molar refractivity (Wildman–Crippen MR) is 283 cm³/mol.